The molecule has 1 aromatic heterocycles. The summed E-state index contributed by atoms with van der Waals surface area (Å²) in [6, 6.07) is 13.5. The van der Waals surface area contributed by atoms with Gasteiger partial charge in [-0.25, -0.2) is 9.37 Å². The normalized spacial score (nSPS) is 9.52. The zero-order valence-electron chi connectivity index (χ0n) is 13.4. The van der Waals surface area contributed by atoms with Gasteiger partial charge in [0.2, 0.25) is 0 Å². The van der Waals surface area contributed by atoms with Gasteiger partial charge in [-0.3, -0.25) is 0 Å². The minimum Gasteiger partial charge on any atom is -0.372 e. The van der Waals surface area contributed by atoms with Crippen LogP contribution in [0.15, 0.2) is 55.0 Å². The van der Waals surface area contributed by atoms with Crippen molar-refractivity contribution in [2.24, 2.45) is 0 Å². The Morgan fingerprint density at radius 3 is 2.70 bits per heavy atom. The average molecular weight is 311 g/mol. The number of benzene rings is 1. The van der Waals surface area contributed by atoms with Crippen molar-refractivity contribution in [2.45, 2.75) is 6.92 Å². The summed E-state index contributed by atoms with van der Waals surface area (Å²) >= 11 is 0. The second kappa shape index (κ2) is 8.60. The van der Waals surface area contributed by atoms with E-state index in [9.17, 15) is 4.39 Å². The first-order chi connectivity index (χ1) is 11.2. The molecule has 2 rings (SSSR count). The van der Waals surface area contributed by atoms with Gasteiger partial charge in [0, 0.05) is 32.5 Å². The monoisotopic (exact) mass is 311 g/mol. The molecule has 2 aromatic rings. The third kappa shape index (κ3) is 5.15. The first-order valence-electron chi connectivity index (χ1n) is 7.42. The van der Waals surface area contributed by atoms with Crippen LogP contribution in [0.4, 0.5) is 10.1 Å². The predicted molar refractivity (Wildman–Crippen MR) is 94.7 cm³/mol. The van der Waals surface area contributed by atoms with Gasteiger partial charge < -0.3 is 9.88 Å². The Kier molecular flexibility index (Phi) is 6.19. The number of nitrogens with zero attached hydrogens (tertiary/aromatic N) is 2. The van der Waals surface area contributed by atoms with E-state index in [1.165, 1.54) is 0 Å². The van der Waals surface area contributed by atoms with Crippen molar-refractivity contribution in [3.8, 4) is 11.8 Å². The highest BCUT2D eigenvalue weighted by atomic mass is 19.1. The number of hydrogen-bond acceptors (Lipinski definition) is 2. The minimum absolute atomic E-state index is 0. The van der Waals surface area contributed by atoms with Gasteiger partial charge in [-0.2, -0.15) is 0 Å². The summed E-state index contributed by atoms with van der Waals surface area (Å²) in [5.41, 5.74) is 3.73. The van der Waals surface area contributed by atoms with Crippen molar-refractivity contribution in [2.75, 3.05) is 25.2 Å². The van der Waals surface area contributed by atoms with Gasteiger partial charge in [-0.1, -0.05) is 18.1 Å². The van der Waals surface area contributed by atoms with E-state index in [0.717, 1.165) is 22.5 Å². The molecule has 0 aliphatic rings. The summed E-state index contributed by atoms with van der Waals surface area (Å²) in [4.78, 5) is 9.04. The number of alkyl halides is 1. The lowest BCUT2D eigenvalue weighted by Crippen LogP contribution is -2.19. The maximum absolute atomic E-state index is 12.4. The highest BCUT2D eigenvalue weighted by Crippen LogP contribution is 2.13. The standard InChI is InChI=1S/C19H20FN3.H2/c1-16-5-3-4-13-21-15-22-19(16)11-8-17-6-9-18(10-7-17)23(2)14-12-20;/h3-7,9-10,13,15H,12,14H2,1-2H3,(H,21,22);1H. The number of halogens is 1. The number of aryl methyl sites for hydroxylation is 1. The lowest BCUT2D eigenvalue weighted by atomic mass is 10.2. The number of rotatable bonds is 3. The Hall–Kier alpha value is -2.80. The van der Waals surface area contributed by atoms with Gasteiger partial charge in [0.1, 0.15) is 6.67 Å². The second-order valence-corrected chi connectivity index (χ2v) is 5.09. The molecule has 3 nitrogen and oxygen atoms in total. The van der Waals surface area contributed by atoms with E-state index in [1.807, 2.05) is 61.3 Å². The Balaban J connectivity index is 0.00000288. The van der Waals surface area contributed by atoms with E-state index in [-0.39, 0.29) is 8.10 Å². The quantitative estimate of drug-likeness (QED) is 0.872. The van der Waals surface area contributed by atoms with Crippen LogP contribution in [0, 0.1) is 18.8 Å². The molecule has 1 N–H and O–H groups in total. The Labute approximate surface area is 138 Å². The number of aromatic nitrogens is 2. The van der Waals surface area contributed by atoms with Gasteiger partial charge in [0.05, 0.1) is 12.0 Å². The molecule has 1 heterocycles. The smallest absolute Gasteiger partial charge is 0.107 e. The molecular weight excluding hydrogens is 289 g/mol. The molecule has 0 amide bonds. The third-order valence-corrected chi connectivity index (χ3v) is 3.37. The van der Waals surface area contributed by atoms with E-state index < -0.39 is 0 Å². The van der Waals surface area contributed by atoms with Crippen LogP contribution in [-0.2, 0) is 0 Å². The second-order valence-electron chi connectivity index (χ2n) is 5.09. The van der Waals surface area contributed by atoms with Crippen LogP contribution in [0.2, 0.25) is 0 Å². The van der Waals surface area contributed by atoms with Crippen LogP contribution < -0.4 is 4.90 Å². The van der Waals surface area contributed by atoms with E-state index in [1.54, 1.807) is 12.5 Å². The zero-order valence-corrected chi connectivity index (χ0v) is 13.4. The van der Waals surface area contributed by atoms with Crippen LogP contribution in [0.1, 0.15) is 18.2 Å². The highest BCUT2D eigenvalue weighted by molar-refractivity contribution is 5.51. The zero-order chi connectivity index (χ0) is 16.5. The van der Waals surface area contributed by atoms with Crippen molar-refractivity contribution in [1.29, 1.82) is 0 Å². The minimum atomic E-state index is -0.360. The van der Waals surface area contributed by atoms with E-state index >= 15 is 0 Å². The summed E-state index contributed by atoms with van der Waals surface area (Å²) in [7, 11) is 1.87. The van der Waals surface area contributed by atoms with Crippen molar-refractivity contribution >= 4 is 5.69 Å². The Bertz CT molecular complexity index is 743. The van der Waals surface area contributed by atoms with Crippen molar-refractivity contribution in [1.82, 2.24) is 9.97 Å². The SMILES string of the molecule is Cc1ccccnc[nH]c1C#Cc1ccc(N(C)CCF)cc1.[HH]. The molecular formula is C19H22FN3. The molecule has 4 heteroatoms. The number of hydrogen-bond donors (Lipinski definition) is 1. The molecule has 0 saturated heterocycles. The molecule has 0 aliphatic carbocycles. The third-order valence-electron chi connectivity index (χ3n) is 3.37. The van der Waals surface area contributed by atoms with E-state index in [0.29, 0.717) is 6.54 Å². The van der Waals surface area contributed by atoms with Crippen LogP contribution in [0.3, 0.4) is 0 Å². The van der Waals surface area contributed by atoms with Crippen LogP contribution in [-0.4, -0.2) is 30.2 Å². The highest BCUT2D eigenvalue weighted by Gasteiger charge is 1.99. The number of anilines is 1. The molecule has 0 saturated carbocycles. The molecule has 0 atom stereocenters. The maximum atomic E-state index is 12.4. The summed E-state index contributed by atoms with van der Waals surface area (Å²) in [5.74, 6) is 6.26. The van der Waals surface area contributed by atoms with Crippen LogP contribution in [0.5, 0.6) is 0 Å². The molecule has 0 spiro atoms. The Morgan fingerprint density at radius 1 is 1.17 bits per heavy atom. The predicted octanol–water partition coefficient (Wildman–Crippen LogP) is 3.89. The molecule has 120 valence electrons. The first kappa shape index (κ1) is 16.6. The van der Waals surface area contributed by atoms with Gasteiger partial charge in [0.15, 0.2) is 0 Å². The van der Waals surface area contributed by atoms with E-state index in [4.69, 9.17) is 0 Å². The van der Waals surface area contributed by atoms with Gasteiger partial charge in [0.25, 0.3) is 0 Å². The Morgan fingerprint density at radius 2 is 1.96 bits per heavy atom. The molecule has 0 aliphatic heterocycles. The summed E-state index contributed by atoms with van der Waals surface area (Å²) in [5, 5.41) is 0. The number of aromatic amines is 1. The summed E-state index contributed by atoms with van der Waals surface area (Å²) < 4.78 is 12.4. The fraction of sp³-hybridized carbons (Fsp3) is 0.211. The number of nitrogens with one attached hydrogen (secondary N) is 1. The largest absolute Gasteiger partial charge is 0.372 e. The molecule has 0 bridgehead atoms. The summed E-state index contributed by atoms with van der Waals surface area (Å²) in [6.45, 7) is 2.03. The summed E-state index contributed by atoms with van der Waals surface area (Å²) in [6.07, 6.45) is 3.33. The molecule has 0 radical (unpaired) electrons. The molecule has 1 aromatic carbocycles. The van der Waals surface area contributed by atoms with Crippen LogP contribution in [0.25, 0.3) is 0 Å². The molecule has 23 heavy (non-hydrogen) atoms. The lowest BCUT2D eigenvalue weighted by Gasteiger charge is -2.16. The van der Waals surface area contributed by atoms with Crippen LogP contribution >= 0.6 is 0 Å². The van der Waals surface area contributed by atoms with Crippen molar-refractivity contribution in [3.63, 3.8) is 0 Å². The fourth-order valence-electron chi connectivity index (χ4n) is 1.97. The van der Waals surface area contributed by atoms with Gasteiger partial charge in [-0.15, -0.1) is 0 Å². The van der Waals surface area contributed by atoms with Crippen molar-refractivity contribution in [3.05, 3.63) is 71.8 Å². The average Bonchev–Trinajstić information content (AvgIpc) is 2.66. The molecule has 0 fully saturated rings. The van der Waals surface area contributed by atoms with Crippen molar-refractivity contribution < 1.29 is 5.82 Å². The fourth-order valence-corrected chi connectivity index (χ4v) is 1.97. The topological polar surface area (TPSA) is 31.9 Å². The first-order valence-corrected chi connectivity index (χ1v) is 7.42. The van der Waals surface area contributed by atoms with Gasteiger partial charge >= 0.3 is 0 Å². The maximum Gasteiger partial charge on any atom is 0.107 e. The van der Waals surface area contributed by atoms with Gasteiger partial charge in [-0.05, 0) is 48.7 Å². The molecule has 0 unspecified atom stereocenters. The van der Waals surface area contributed by atoms with E-state index in [2.05, 4.69) is 21.8 Å². The lowest BCUT2D eigenvalue weighted by molar-refractivity contribution is 0.497. The number of H-pyrrole nitrogens is 1.